The van der Waals surface area contributed by atoms with Crippen molar-refractivity contribution >= 4 is 11.4 Å². The molecule has 0 radical (unpaired) electrons. The van der Waals surface area contributed by atoms with E-state index in [2.05, 4.69) is 47.3 Å². The topological polar surface area (TPSA) is 18.5 Å². The number of anilines is 2. The molecule has 1 aliphatic heterocycles. The summed E-state index contributed by atoms with van der Waals surface area (Å²) in [5.41, 5.74) is 3.87. The van der Waals surface area contributed by atoms with Crippen molar-refractivity contribution in [2.24, 2.45) is 0 Å². The lowest BCUT2D eigenvalue weighted by Crippen LogP contribution is -2.44. The maximum atomic E-state index is 3.25. The predicted molar refractivity (Wildman–Crippen MR) is 70.4 cm³/mol. The second kappa shape index (κ2) is 4.74. The van der Waals surface area contributed by atoms with Gasteiger partial charge < -0.3 is 15.1 Å². The van der Waals surface area contributed by atoms with Crippen LogP contribution in [-0.2, 0) is 0 Å². The third kappa shape index (κ3) is 2.30. The normalized spacial score (nSPS) is 17.6. The molecule has 1 aliphatic rings. The zero-order valence-electron chi connectivity index (χ0n) is 10.5. The fourth-order valence-corrected chi connectivity index (χ4v) is 2.14. The van der Waals surface area contributed by atoms with Gasteiger partial charge >= 0.3 is 0 Å². The van der Waals surface area contributed by atoms with Gasteiger partial charge in [-0.05, 0) is 31.7 Å². The maximum absolute atomic E-state index is 3.25. The minimum atomic E-state index is 1.13. The van der Waals surface area contributed by atoms with Crippen LogP contribution in [0, 0.1) is 6.92 Å². The van der Waals surface area contributed by atoms with Crippen LogP contribution < -0.4 is 10.2 Å². The van der Waals surface area contributed by atoms with Gasteiger partial charge in [0.1, 0.15) is 0 Å². The van der Waals surface area contributed by atoms with Crippen molar-refractivity contribution in [3.63, 3.8) is 0 Å². The van der Waals surface area contributed by atoms with Gasteiger partial charge in [0, 0.05) is 44.6 Å². The SMILES string of the molecule is CNc1cc(N2CCN(C)CC2)ccc1C. The highest BCUT2D eigenvalue weighted by Crippen LogP contribution is 2.23. The van der Waals surface area contributed by atoms with Crippen LogP contribution in [0.3, 0.4) is 0 Å². The number of aryl methyl sites for hydroxylation is 1. The lowest BCUT2D eigenvalue weighted by atomic mass is 10.1. The molecule has 1 N–H and O–H groups in total. The van der Waals surface area contributed by atoms with Crippen LogP contribution in [0.2, 0.25) is 0 Å². The number of nitrogens with zero attached hydrogens (tertiary/aromatic N) is 2. The summed E-state index contributed by atoms with van der Waals surface area (Å²) in [6.07, 6.45) is 0. The van der Waals surface area contributed by atoms with Gasteiger partial charge in [-0.2, -0.15) is 0 Å². The largest absolute Gasteiger partial charge is 0.388 e. The summed E-state index contributed by atoms with van der Waals surface area (Å²) in [7, 11) is 4.17. The third-order valence-electron chi connectivity index (χ3n) is 3.36. The number of rotatable bonds is 2. The molecule has 0 bridgehead atoms. The zero-order chi connectivity index (χ0) is 11.5. The van der Waals surface area contributed by atoms with E-state index >= 15 is 0 Å². The second-order valence-electron chi connectivity index (χ2n) is 4.54. The molecule has 1 fully saturated rings. The third-order valence-corrected chi connectivity index (χ3v) is 3.36. The highest BCUT2D eigenvalue weighted by atomic mass is 15.2. The smallest absolute Gasteiger partial charge is 0.0388 e. The molecule has 1 heterocycles. The molecule has 1 saturated heterocycles. The minimum absolute atomic E-state index is 1.13. The Hall–Kier alpha value is -1.22. The number of benzene rings is 1. The summed E-state index contributed by atoms with van der Waals surface area (Å²) in [5.74, 6) is 0. The standard InChI is InChI=1S/C13H21N3/c1-11-4-5-12(10-13(11)14-2)16-8-6-15(3)7-9-16/h4-5,10,14H,6-9H2,1-3H3. The van der Waals surface area contributed by atoms with E-state index in [1.165, 1.54) is 16.9 Å². The molecule has 3 heteroatoms. The van der Waals surface area contributed by atoms with Gasteiger partial charge in [-0.15, -0.1) is 0 Å². The van der Waals surface area contributed by atoms with E-state index in [4.69, 9.17) is 0 Å². The Morgan fingerprint density at radius 1 is 1.12 bits per heavy atom. The van der Waals surface area contributed by atoms with Gasteiger partial charge in [-0.1, -0.05) is 6.07 Å². The molecule has 0 unspecified atom stereocenters. The molecule has 0 spiro atoms. The Labute approximate surface area is 98.0 Å². The number of nitrogens with one attached hydrogen (secondary N) is 1. The second-order valence-corrected chi connectivity index (χ2v) is 4.54. The Balaban J connectivity index is 2.14. The van der Waals surface area contributed by atoms with E-state index in [1.807, 2.05) is 7.05 Å². The van der Waals surface area contributed by atoms with Crippen LogP contribution in [0.5, 0.6) is 0 Å². The van der Waals surface area contributed by atoms with Gasteiger partial charge in [0.2, 0.25) is 0 Å². The first-order valence-electron chi connectivity index (χ1n) is 5.92. The highest BCUT2D eigenvalue weighted by Gasteiger charge is 2.14. The van der Waals surface area contributed by atoms with Crippen molar-refractivity contribution in [1.29, 1.82) is 0 Å². The Morgan fingerprint density at radius 3 is 2.44 bits per heavy atom. The summed E-state index contributed by atoms with van der Waals surface area (Å²) < 4.78 is 0. The van der Waals surface area contributed by atoms with Crippen molar-refractivity contribution < 1.29 is 0 Å². The monoisotopic (exact) mass is 219 g/mol. The van der Waals surface area contributed by atoms with Crippen LogP contribution in [0.25, 0.3) is 0 Å². The molecular formula is C13H21N3. The fraction of sp³-hybridized carbons (Fsp3) is 0.538. The Morgan fingerprint density at radius 2 is 1.81 bits per heavy atom. The van der Waals surface area contributed by atoms with Crippen LogP contribution in [-0.4, -0.2) is 45.2 Å². The quantitative estimate of drug-likeness (QED) is 0.818. The van der Waals surface area contributed by atoms with Crippen LogP contribution in [0.4, 0.5) is 11.4 Å². The average Bonchev–Trinajstić information content (AvgIpc) is 2.31. The number of piperazine rings is 1. The Kier molecular flexibility index (Phi) is 3.34. The lowest BCUT2D eigenvalue weighted by molar-refractivity contribution is 0.313. The minimum Gasteiger partial charge on any atom is -0.388 e. The molecule has 88 valence electrons. The highest BCUT2D eigenvalue weighted by molar-refractivity contribution is 5.62. The fourth-order valence-electron chi connectivity index (χ4n) is 2.14. The molecule has 16 heavy (non-hydrogen) atoms. The summed E-state index contributed by atoms with van der Waals surface area (Å²) in [4.78, 5) is 4.84. The predicted octanol–water partition coefficient (Wildman–Crippen LogP) is 1.79. The molecule has 1 aromatic carbocycles. The van der Waals surface area contributed by atoms with Gasteiger partial charge in [0.05, 0.1) is 0 Å². The number of hydrogen-bond donors (Lipinski definition) is 1. The van der Waals surface area contributed by atoms with Gasteiger partial charge in [0.25, 0.3) is 0 Å². The molecule has 0 aliphatic carbocycles. The van der Waals surface area contributed by atoms with Crippen molar-refractivity contribution in [3.8, 4) is 0 Å². The summed E-state index contributed by atoms with van der Waals surface area (Å²) in [5, 5.41) is 3.25. The van der Waals surface area contributed by atoms with Crippen LogP contribution in [0.1, 0.15) is 5.56 Å². The zero-order valence-corrected chi connectivity index (χ0v) is 10.5. The van der Waals surface area contributed by atoms with Crippen molar-refractivity contribution in [1.82, 2.24) is 4.90 Å². The molecule has 0 aromatic heterocycles. The van der Waals surface area contributed by atoms with Crippen LogP contribution >= 0.6 is 0 Å². The number of likely N-dealkylation sites (N-methyl/N-ethyl adjacent to an activating group) is 1. The molecule has 3 nitrogen and oxygen atoms in total. The van der Waals surface area contributed by atoms with E-state index in [9.17, 15) is 0 Å². The van der Waals surface area contributed by atoms with E-state index in [0.29, 0.717) is 0 Å². The first-order chi connectivity index (χ1) is 7.70. The molecule has 2 rings (SSSR count). The summed E-state index contributed by atoms with van der Waals surface area (Å²) in [6, 6.07) is 6.67. The number of hydrogen-bond acceptors (Lipinski definition) is 3. The lowest BCUT2D eigenvalue weighted by Gasteiger charge is -2.34. The maximum Gasteiger partial charge on any atom is 0.0388 e. The first kappa shape index (κ1) is 11.3. The average molecular weight is 219 g/mol. The van der Waals surface area contributed by atoms with Gasteiger partial charge in [0.15, 0.2) is 0 Å². The molecule has 0 amide bonds. The van der Waals surface area contributed by atoms with E-state index in [1.54, 1.807) is 0 Å². The van der Waals surface area contributed by atoms with Crippen molar-refractivity contribution in [2.75, 3.05) is 50.5 Å². The van der Waals surface area contributed by atoms with Gasteiger partial charge in [-0.25, -0.2) is 0 Å². The molecule has 1 aromatic rings. The van der Waals surface area contributed by atoms with Crippen molar-refractivity contribution in [3.05, 3.63) is 23.8 Å². The summed E-state index contributed by atoms with van der Waals surface area (Å²) in [6.45, 7) is 6.70. The van der Waals surface area contributed by atoms with E-state index in [-0.39, 0.29) is 0 Å². The molecule has 0 atom stereocenters. The molecule has 0 saturated carbocycles. The molecular weight excluding hydrogens is 198 g/mol. The van der Waals surface area contributed by atoms with E-state index in [0.717, 1.165) is 26.2 Å². The first-order valence-corrected chi connectivity index (χ1v) is 5.92. The van der Waals surface area contributed by atoms with Gasteiger partial charge in [-0.3, -0.25) is 0 Å². The Bertz CT molecular complexity index is 354. The summed E-state index contributed by atoms with van der Waals surface area (Å²) >= 11 is 0. The van der Waals surface area contributed by atoms with Crippen molar-refractivity contribution in [2.45, 2.75) is 6.92 Å². The van der Waals surface area contributed by atoms with Crippen LogP contribution in [0.15, 0.2) is 18.2 Å². The van der Waals surface area contributed by atoms with E-state index < -0.39 is 0 Å².